The SMILES string of the molecule is CCC1C(=O)N(C)c2cc(Br)ccc2S1=O. The molecule has 0 aliphatic carbocycles. The van der Waals surface area contributed by atoms with Crippen LogP contribution < -0.4 is 4.90 Å². The molecule has 16 heavy (non-hydrogen) atoms. The van der Waals surface area contributed by atoms with Crippen molar-refractivity contribution in [3.05, 3.63) is 22.7 Å². The lowest BCUT2D eigenvalue weighted by Crippen LogP contribution is -2.43. The molecule has 2 atom stereocenters. The maximum atomic E-state index is 12.2. The van der Waals surface area contributed by atoms with E-state index < -0.39 is 16.0 Å². The summed E-state index contributed by atoms with van der Waals surface area (Å²) in [5, 5.41) is -0.404. The highest BCUT2D eigenvalue weighted by Crippen LogP contribution is 2.34. The van der Waals surface area contributed by atoms with Crippen molar-refractivity contribution in [2.45, 2.75) is 23.5 Å². The largest absolute Gasteiger partial charge is 0.313 e. The fraction of sp³-hybridized carbons (Fsp3) is 0.364. The fourth-order valence-corrected chi connectivity index (χ4v) is 3.73. The molecule has 2 unspecified atom stereocenters. The van der Waals surface area contributed by atoms with Crippen LogP contribution in [-0.4, -0.2) is 22.4 Å². The van der Waals surface area contributed by atoms with Crippen molar-refractivity contribution in [1.82, 2.24) is 0 Å². The van der Waals surface area contributed by atoms with Crippen LogP contribution in [0.15, 0.2) is 27.6 Å². The first kappa shape index (κ1) is 11.8. The third-order valence-electron chi connectivity index (χ3n) is 2.73. The van der Waals surface area contributed by atoms with E-state index in [1.807, 2.05) is 25.1 Å². The van der Waals surface area contributed by atoms with E-state index in [2.05, 4.69) is 15.9 Å². The Labute approximate surface area is 105 Å². The lowest BCUT2D eigenvalue weighted by molar-refractivity contribution is -0.118. The van der Waals surface area contributed by atoms with E-state index in [0.717, 1.165) is 15.1 Å². The molecule has 0 bridgehead atoms. The van der Waals surface area contributed by atoms with Gasteiger partial charge in [0.1, 0.15) is 5.25 Å². The van der Waals surface area contributed by atoms with Gasteiger partial charge in [-0.05, 0) is 24.6 Å². The number of hydrogen-bond donors (Lipinski definition) is 0. The van der Waals surface area contributed by atoms with Gasteiger partial charge < -0.3 is 4.90 Å². The molecule has 0 spiro atoms. The molecular weight excluding hydrogens is 290 g/mol. The molecule has 3 nitrogen and oxygen atoms in total. The molecule has 1 aliphatic rings. The monoisotopic (exact) mass is 301 g/mol. The molecular formula is C11H12BrNO2S. The highest BCUT2D eigenvalue weighted by Gasteiger charge is 2.35. The number of hydrogen-bond acceptors (Lipinski definition) is 2. The lowest BCUT2D eigenvalue weighted by atomic mass is 10.2. The van der Waals surface area contributed by atoms with Crippen molar-refractivity contribution in [1.29, 1.82) is 0 Å². The molecule has 1 aliphatic heterocycles. The summed E-state index contributed by atoms with van der Waals surface area (Å²) in [6.07, 6.45) is 0.602. The first-order chi connectivity index (χ1) is 7.56. The molecule has 0 fully saturated rings. The first-order valence-electron chi connectivity index (χ1n) is 5.04. The van der Waals surface area contributed by atoms with Gasteiger partial charge in [0.2, 0.25) is 5.91 Å². The van der Waals surface area contributed by atoms with Gasteiger partial charge in [0, 0.05) is 11.5 Å². The van der Waals surface area contributed by atoms with Crippen LogP contribution in [0.2, 0.25) is 0 Å². The van der Waals surface area contributed by atoms with E-state index in [-0.39, 0.29) is 5.91 Å². The zero-order valence-electron chi connectivity index (χ0n) is 9.07. The van der Waals surface area contributed by atoms with Crippen LogP contribution in [0, 0.1) is 0 Å². The Hall–Kier alpha value is -0.680. The van der Waals surface area contributed by atoms with Crippen LogP contribution >= 0.6 is 15.9 Å². The number of carbonyl (C=O) groups is 1. The van der Waals surface area contributed by atoms with Gasteiger partial charge in [0.15, 0.2) is 0 Å². The summed E-state index contributed by atoms with van der Waals surface area (Å²) in [5.74, 6) is -0.0635. The molecule has 1 heterocycles. The maximum absolute atomic E-state index is 12.2. The van der Waals surface area contributed by atoms with Crippen molar-refractivity contribution in [2.75, 3.05) is 11.9 Å². The minimum Gasteiger partial charge on any atom is -0.313 e. The molecule has 1 aromatic rings. The highest BCUT2D eigenvalue weighted by atomic mass is 79.9. The molecule has 86 valence electrons. The number of amides is 1. The minimum absolute atomic E-state index is 0.0635. The van der Waals surface area contributed by atoms with Crippen LogP contribution in [0.25, 0.3) is 0 Å². The van der Waals surface area contributed by atoms with Gasteiger partial charge in [-0.3, -0.25) is 9.00 Å². The van der Waals surface area contributed by atoms with E-state index in [0.29, 0.717) is 6.42 Å². The van der Waals surface area contributed by atoms with E-state index >= 15 is 0 Å². The zero-order valence-corrected chi connectivity index (χ0v) is 11.5. The number of halogens is 1. The topological polar surface area (TPSA) is 37.4 Å². The van der Waals surface area contributed by atoms with Crippen LogP contribution in [0.3, 0.4) is 0 Å². The molecule has 5 heteroatoms. The molecule has 2 rings (SSSR count). The molecule has 1 amide bonds. The van der Waals surface area contributed by atoms with Gasteiger partial charge in [-0.1, -0.05) is 22.9 Å². The molecule has 0 saturated heterocycles. The van der Waals surface area contributed by atoms with E-state index in [1.165, 1.54) is 0 Å². The summed E-state index contributed by atoms with van der Waals surface area (Å²) in [4.78, 5) is 14.3. The molecule has 0 aromatic heterocycles. The van der Waals surface area contributed by atoms with Crippen molar-refractivity contribution in [2.24, 2.45) is 0 Å². The van der Waals surface area contributed by atoms with E-state index in [9.17, 15) is 9.00 Å². The Kier molecular flexibility index (Phi) is 3.17. The average Bonchev–Trinajstić information content (AvgIpc) is 2.27. The summed E-state index contributed by atoms with van der Waals surface area (Å²) in [5.41, 5.74) is 0.738. The van der Waals surface area contributed by atoms with Crippen LogP contribution in [0.1, 0.15) is 13.3 Å². The van der Waals surface area contributed by atoms with E-state index in [4.69, 9.17) is 0 Å². The van der Waals surface area contributed by atoms with Crippen LogP contribution in [0.4, 0.5) is 5.69 Å². The lowest BCUT2D eigenvalue weighted by Gasteiger charge is -2.30. The van der Waals surface area contributed by atoms with E-state index in [1.54, 1.807) is 11.9 Å². The summed E-state index contributed by atoms with van der Waals surface area (Å²) in [7, 11) is 0.505. The maximum Gasteiger partial charge on any atom is 0.242 e. The Morgan fingerprint density at radius 1 is 1.50 bits per heavy atom. The van der Waals surface area contributed by atoms with Crippen molar-refractivity contribution in [3.8, 4) is 0 Å². The Bertz CT molecular complexity index is 475. The van der Waals surface area contributed by atoms with Gasteiger partial charge >= 0.3 is 0 Å². The van der Waals surface area contributed by atoms with Crippen molar-refractivity contribution < 1.29 is 9.00 Å². The van der Waals surface area contributed by atoms with Crippen molar-refractivity contribution in [3.63, 3.8) is 0 Å². The summed E-state index contributed by atoms with van der Waals surface area (Å²) < 4.78 is 13.1. The second-order valence-corrected chi connectivity index (χ2v) is 6.22. The zero-order chi connectivity index (χ0) is 11.9. The van der Waals surface area contributed by atoms with Gasteiger partial charge in [-0.15, -0.1) is 0 Å². The third kappa shape index (κ3) is 1.72. The van der Waals surface area contributed by atoms with Gasteiger partial charge in [0.25, 0.3) is 0 Å². The third-order valence-corrected chi connectivity index (χ3v) is 5.06. The quantitative estimate of drug-likeness (QED) is 0.798. The van der Waals surface area contributed by atoms with Crippen LogP contribution in [-0.2, 0) is 15.6 Å². The molecule has 0 radical (unpaired) electrons. The minimum atomic E-state index is -1.22. The Morgan fingerprint density at radius 2 is 2.19 bits per heavy atom. The van der Waals surface area contributed by atoms with Gasteiger partial charge in [0.05, 0.1) is 21.4 Å². The predicted octanol–water partition coefficient (Wildman–Crippen LogP) is 2.31. The predicted molar refractivity (Wildman–Crippen MR) is 68.0 cm³/mol. The number of fused-ring (bicyclic) bond motifs is 1. The highest BCUT2D eigenvalue weighted by molar-refractivity contribution is 9.10. The first-order valence-corrected chi connectivity index (χ1v) is 7.04. The van der Waals surface area contributed by atoms with Crippen molar-refractivity contribution >= 4 is 38.3 Å². The molecule has 0 saturated carbocycles. The summed E-state index contributed by atoms with van der Waals surface area (Å²) in [6.45, 7) is 1.89. The smallest absolute Gasteiger partial charge is 0.242 e. The normalized spacial score (nSPS) is 24.4. The van der Waals surface area contributed by atoms with Crippen LogP contribution in [0.5, 0.6) is 0 Å². The Balaban J connectivity index is 2.59. The van der Waals surface area contributed by atoms with Gasteiger partial charge in [-0.25, -0.2) is 0 Å². The molecule has 0 N–H and O–H groups in total. The number of nitrogens with zero attached hydrogens (tertiary/aromatic N) is 1. The Morgan fingerprint density at radius 3 is 2.81 bits per heavy atom. The van der Waals surface area contributed by atoms with Gasteiger partial charge in [-0.2, -0.15) is 0 Å². The standard InChI is InChI=1S/C11H12BrNO2S/c1-3-9-11(14)13(2)8-6-7(12)4-5-10(8)16(9)15/h4-6,9H,3H2,1-2H3. The number of anilines is 1. The fourth-order valence-electron chi connectivity index (χ4n) is 1.83. The summed E-state index contributed by atoms with van der Waals surface area (Å²) >= 11 is 3.35. The molecule has 1 aromatic carbocycles. The summed E-state index contributed by atoms with van der Waals surface area (Å²) in [6, 6.07) is 5.51. The number of rotatable bonds is 1. The second-order valence-electron chi connectivity index (χ2n) is 3.70. The number of benzene rings is 1. The second kappa shape index (κ2) is 4.30. The number of carbonyl (C=O) groups excluding carboxylic acids is 1. The average molecular weight is 302 g/mol.